The minimum Gasteiger partial charge on any atom is -0.261 e. The minimum absolute atomic E-state index is 0.0787. The Balaban J connectivity index is 0.000000108. The minimum atomic E-state index is -0.0817. The van der Waals surface area contributed by atoms with Crippen LogP contribution in [0.5, 0.6) is 0 Å². The Kier molecular flexibility index (Phi) is 18.9. The van der Waals surface area contributed by atoms with Crippen molar-refractivity contribution in [3.63, 3.8) is 0 Å². The van der Waals surface area contributed by atoms with Gasteiger partial charge in [-0.2, -0.15) is 0 Å². The molecule has 27 rings (SSSR count). The molecule has 3 aliphatic carbocycles. The van der Waals surface area contributed by atoms with Crippen LogP contribution in [0.25, 0.3) is 231 Å². The Morgan fingerprint density at radius 1 is 0.170 bits per heavy atom. The number of benzene rings is 21. The molecule has 0 amide bonds. The van der Waals surface area contributed by atoms with Crippen LogP contribution in [0.1, 0.15) is 74.9 Å². The summed E-state index contributed by atoms with van der Waals surface area (Å²) >= 11 is 0. The predicted molar refractivity (Wildman–Crippen MR) is 565 cm³/mol. The topological polar surface area (TPSA) is 77.3 Å². The van der Waals surface area contributed by atoms with E-state index in [-0.39, 0.29) is 16.2 Å². The van der Waals surface area contributed by atoms with E-state index in [1.165, 1.54) is 220 Å². The van der Waals surface area contributed by atoms with Gasteiger partial charge in [-0.1, -0.05) is 387 Å². The first-order valence-corrected chi connectivity index (χ1v) is 46.7. The fourth-order valence-corrected chi connectivity index (χ4v) is 23.0. The second-order valence-corrected chi connectivity index (χ2v) is 37.8. The van der Waals surface area contributed by atoms with E-state index in [0.29, 0.717) is 0 Å². The Morgan fingerprint density at radius 3 is 0.844 bits per heavy atom. The maximum Gasteiger partial charge on any atom is 0.160 e. The van der Waals surface area contributed by atoms with Crippen LogP contribution in [0.4, 0.5) is 0 Å². The van der Waals surface area contributed by atoms with Crippen molar-refractivity contribution >= 4 is 97.0 Å². The molecule has 0 saturated carbocycles. The van der Waals surface area contributed by atoms with Gasteiger partial charge in [0.25, 0.3) is 0 Å². The fourth-order valence-electron chi connectivity index (χ4n) is 23.0. The molecule has 3 aliphatic rings. The van der Waals surface area contributed by atoms with Crippen LogP contribution < -0.4 is 0 Å². The van der Waals surface area contributed by atoms with Crippen molar-refractivity contribution in [2.24, 2.45) is 0 Å². The van der Waals surface area contributed by atoms with E-state index in [1.807, 2.05) is 36.9 Å². The number of hydrogen-bond acceptors (Lipinski definition) is 6. The summed E-state index contributed by atoms with van der Waals surface area (Å²) in [5.74, 6) is 0.744. The van der Waals surface area contributed by atoms with Crippen LogP contribution in [0, 0.1) is 0 Å². The lowest BCUT2D eigenvalue weighted by Crippen LogP contribution is -2.14. The van der Waals surface area contributed by atoms with Crippen molar-refractivity contribution in [1.82, 2.24) is 29.9 Å². The molecule has 0 saturated heterocycles. The highest BCUT2D eigenvalue weighted by Gasteiger charge is 2.41. The Hall–Kier alpha value is -16.8. The smallest absolute Gasteiger partial charge is 0.160 e. The van der Waals surface area contributed by atoms with E-state index in [9.17, 15) is 0 Å². The van der Waals surface area contributed by atoms with Gasteiger partial charge in [0.1, 0.15) is 6.33 Å². The highest BCUT2D eigenvalue weighted by Crippen LogP contribution is 2.60. The van der Waals surface area contributed by atoms with E-state index in [2.05, 4.69) is 434 Å². The van der Waals surface area contributed by atoms with Crippen LogP contribution in [-0.4, -0.2) is 29.9 Å². The van der Waals surface area contributed by atoms with Gasteiger partial charge in [0.2, 0.25) is 0 Å². The highest BCUT2D eigenvalue weighted by molar-refractivity contribution is 6.27. The van der Waals surface area contributed by atoms with Crippen LogP contribution in [0.2, 0.25) is 0 Å². The predicted octanol–water partition coefficient (Wildman–Crippen LogP) is 33.7. The SMILES string of the molecule is CC1(C)c2ccccc2-c2c(-c3c4ccccc4c(-c4ccncn4)c4ccc(-c5ccc6ccccc6c5)cc34)cccc21.CC1(C)c2ccccc2-c2c(-c3c4ccccc4c(-c4cnccn4)c4ccc(-c5ccc6ccccc6c5)cc34)cccc21.CC1(C)c2ccccc2-c2c(-c3c4ccccc4c(-c4ncccn4)c4ccc(-c5ccc6ccccc6c5)cc34)cccc21. The molecular weight excluding hydrogens is 1630 g/mol. The van der Waals surface area contributed by atoms with E-state index in [0.717, 1.165) is 44.7 Å². The first-order chi connectivity index (χ1) is 66.3. The molecule has 0 radical (unpaired) electrons. The standard InChI is InChI=1S/3C43H30N2/c1-43(2)37-17-8-7-15-34(37)40-35(16-9-18-38(40)43)39-31-13-5-6-14-32(31)41(42-44-23-10-24-45-42)33-22-21-30(26-36(33)39)29-20-19-27-11-3-4-12-28(27)25-29;1-43(2)37-16-8-7-14-34(37)41-35(15-9-17-38(41)43)40-31-12-5-6-13-32(31)42(39-26-44-22-23-45-39)33-21-20-30(25-36(33)40)29-19-18-27-10-3-4-11-28(27)24-29;1-43(2)37-16-8-7-14-34(37)41-35(15-9-17-38(41)43)40-31-12-5-6-13-32(31)42(39-22-23-44-26-45-39)33-21-20-30(25-36(33)40)29-19-18-27-10-3-4-11-28(27)24-29/h3*3-26H,1-2H3. The zero-order valence-corrected chi connectivity index (χ0v) is 75.8. The average Bonchev–Trinajstić information content (AvgIpc) is 1.55. The molecule has 6 heteroatoms. The Bertz CT molecular complexity index is 8190. The first-order valence-electron chi connectivity index (χ1n) is 46.7. The number of rotatable bonds is 9. The Morgan fingerprint density at radius 2 is 0.474 bits per heavy atom. The fraction of sp³-hybridized carbons (Fsp3) is 0.0698. The molecule has 0 N–H and O–H groups in total. The zero-order valence-electron chi connectivity index (χ0n) is 75.8. The molecule has 0 fully saturated rings. The van der Waals surface area contributed by atoms with Crippen molar-refractivity contribution < 1.29 is 0 Å². The normalized spacial score (nSPS) is 13.3. The van der Waals surface area contributed by atoms with Crippen LogP contribution >= 0.6 is 0 Å². The molecule has 0 unspecified atom stereocenters. The number of nitrogens with zero attached hydrogens (tertiary/aromatic N) is 6. The average molecular weight is 1720 g/mol. The van der Waals surface area contributed by atoms with Crippen LogP contribution in [0.15, 0.2) is 438 Å². The maximum absolute atomic E-state index is 4.81. The Labute approximate surface area is 784 Å². The summed E-state index contributed by atoms with van der Waals surface area (Å²) in [7, 11) is 0. The zero-order chi connectivity index (χ0) is 90.4. The van der Waals surface area contributed by atoms with Gasteiger partial charge in [-0.25, -0.2) is 19.9 Å². The van der Waals surface area contributed by atoms with Gasteiger partial charge in [0, 0.05) is 63.9 Å². The van der Waals surface area contributed by atoms with Crippen molar-refractivity contribution in [2.45, 2.75) is 57.8 Å². The van der Waals surface area contributed by atoms with Gasteiger partial charge in [-0.15, -0.1) is 0 Å². The third kappa shape index (κ3) is 13.0. The monoisotopic (exact) mass is 1720 g/mol. The second kappa shape index (κ2) is 31.8. The molecule has 3 aromatic heterocycles. The largest absolute Gasteiger partial charge is 0.261 e. The summed E-state index contributed by atoms with van der Waals surface area (Å²) in [5.41, 5.74) is 36.0. The molecule has 0 bridgehead atoms. The van der Waals surface area contributed by atoms with Gasteiger partial charge in [0.15, 0.2) is 5.82 Å². The molecule has 0 atom stereocenters. The molecule has 0 spiro atoms. The summed E-state index contributed by atoms with van der Waals surface area (Å²) in [6, 6.07) is 145. The maximum atomic E-state index is 4.81. The van der Waals surface area contributed by atoms with Gasteiger partial charge in [-0.05, 0) is 279 Å². The number of aromatic nitrogens is 6. The summed E-state index contributed by atoms with van der Waals surface area (Å²) in [6.07, 6.45) is 12.6. The first kappa shape index (κ1) is 80.3. The number of hydrogen-bond donors (Lipinski definition) is 0. The van der Waals surface area contributed by atoms with E-state index in [4.69, 9.17) is 19.9 Å². The molecule has 3 heterocycles. The second-order valence-electron chi connectivity index (χ2n) is 37.8. The van der Waals surface area contributed by atoms with Gasteiger partial charge in [0.05, 0.1) is 17.6 Å². The quantitative estimate of drug-likeness (QED) is 0.134. The van der Waals surface area contributed by atoms with Crippen molar-refractivity contribution in [1.29, 1.82) is 0 Å². The van der Waals surface area contributed by atoms with E-state index >= 15 is 0 Å². The highest BCUT2D eigenvalue weighted by atomic mass is 14.9. The molecule has 6 nitrogen and oxygen atoms in total. The van der Waals surface area contributed by atoms with E-state index < -0.39 is 0 Å². The summed E-state index contributed by atoms with van der Waals surface area (Å²) in [4.78, 5) is 27.8. The summed E-state index contributed by atoms with van der Waals surface area (Å²) < 4.78 is 0. The third-order valence-electron chi connectivity index (χ3n) is 29.4. The molecular formula is C129H90N6. The summed E-state index contributed by atoms with van der Waals surface area (Å²) in [6.45, 7) is 14.1. The lowest BCUT2D eigenvalue weighted by atomic mass is 9.80. The van der Waals surface area contributed by atoms with Gasteiger partial charge in [-0.3, -0.25) is 9.97 Å². The van der Waals surface area contributed by atoms with Crippen molar-refractivity contribution in [3.8, 4) is 134 Å². The molecule has 135 heavy (non-hydrogen) atoms. The molecule has 0 aliphatic heterocycles. The van der Waals surface area contributed by atoms with Crippen molar-refractivity contribution in [3.05, 3.63) is 471 Å². The van der Waals surface area contributed by atoms with Gasteiger partial charge < -0.3 is 0 Å². The van der Waals surface area contributed by atoms with E-state index in [1.54, 1.807) is 18.7 Å². The molecule has 24 aromatic rings. The summed E-state index contributed by atoms with van der Waals surface area (Å²) in [5, 5.41) is 21.8. The molecule has 636 valence electrons. The van der Waals surface area contributed by atoms with Crippen LogP contribution in [0.3, 0.4) is 0 Å². The lowest BCUT2D eigenvalue weighted by Gasteiger charge is -2.22. The van der Waals surface area contributed by atoms with Gasteiger partial charge >= 0.3 is 0 Å². The van der Waals surface area contributed by atoms with Crippen molar-refractivity contribution in [2.75, 3.05) is 0 Å². The lowest BCUT2D eigenvalue weighted by molar-refractivity contribution is 0.660. The van der Waals surface area contributed by atoms with Crippen LogP contribution in [-0.2, 0) is 16.2 Å². The number of fused-ring (bicyclic) bond motifs is 18. The third-order valence-corrected chi connectivity index (χ3v) is 29.4. The molecule has 21 aromatic carbocycles.